The maximum Gasteiger partial charge on any atom is 0.509 e. The lowest BCUT2D eigenvalue weighted by Crippen LogP contribution is -2.61. The molecule has 1 aromatic rings. The van der Waals surface area contributed by atoms with E-state index in [0.29, 0.717) is 25.0 Å². The lowest BCUT2D eigenvalue weighted by Gasteiger charge is -2.49. The molecular weight excluding hydrogens is 803 g/mol. The lowest BCUT2D eigenvalue weighted by molar-refractivity contribution is -0.318. The molecule has 0 unspecified atom stereocenters. The fourth-order valence-electron chi connectivity index (χ4n) is 10.0. The maximum atomic E-state index is 14.4. The Bertz CT molecular complexity index is 1710. The zero-order chi connectivity index (χ0) is 45.8. The van der Waals surface area contributed by atoms with Crippen LogP contribution in [0.25, 0.3) is 0 Å². The van der Waals surface area contributed by atoms with Gasteiger partial charge in [-0.25, -0.2) is 4.79 Å². The van der Waals surface area contributed by atoms with E-state index in [1.54, 1.807) is 13.8 Å². The van der Waals surface area contributed by atoms with Crippen molar-refractivity contribution in [2.45, 2.75) is 187 Å². The smallest absolute Gasteiger partial charge is 0.489 e. The average molecular weight is 876 g/mol. The topological polar surface area (TPSA) is 167 Å². The van der Waals surface area contributed by atoms with Crippen LogP contribution in [0.15, 0.2) is 41.7 Å². The summed E-state index contributed by atoms with van der Waals surface area (Å²) >= 11 is 0. The molecule has 15 heteroatoms. The molecule has 350 valence electrons. The van der Waals surface area contributed by atoms with Crippen molar-refractivity contribution >= 4 is 18.1 Å². The van der Waals surface area contributed by atoms with Gasteiger partial charge in [-0.2, -0.15) is 0 Å². The zero-order valence-electron chi connectivity index (χ0n) is 39.3. The Morgan fingerprint density at radius 1 is 0.919 bits per heavy atom. The third kappa shape index (κ3) is 11.1. The fraction of sp³-hybridized carbons (Fsp3) is 0.766. The Labute approximate surface area is 368 Å². The average Bonchev–Trinajstić information content (AvgIpc) is 3.54. The minimum atomic E-state index is -1.10. The third-order valence-corrected chi connectivity index (χ3v) is 13.6. The first-order chi connectivity index (χ1) is 29.1. The van der Waals surface area contributed by atoms with Crippen molar-refractivity contribution in [1.82, 2.24) is 4.90 Å². The molecule has 0 saturated carbocycles. The second kappa shape index (κ2) is 20.7. The molecule has 0 aromatic heterocycles. The Hall–Kier alpha value is -3.31. The monoisotopic (exact) mass is 876 g/mol. The first-order valence-corrected chi connectivity index (χ1v) is 22.3. The lowest BCUT2D eigenvalue weighted by atomic mass is 9.79. The molecule has 0 aliphatic carbocycles. The van der Waals surface area contributed by atoms with Crippen LogP contribution < -0.4 is 0 Å². The summed E-state index contributed by atoms with van der Waals surface area (Å²) in [5.74, 6) is -2.75. The number of hydrogen-bond donors (Lipinski definition) is 1. The second-order valence-corrected chi connectivity index (χ2v) is 18.8. The highest BCUT2D eigenvalue weighted by Gasteiger charge is 2.56. The highest BCUT2D eigenvalue weighted by atomic mass is 16.8. The van der Waals surface area contributed by atoms with E-state index in [1.165, 1.54) is 14.0 Å². The fourth-order valence-corrected chi connectivity index (χ4v) is 10.0. The van der Waals surface area contributed by atoms with Crippen LogP contribution in [-0.4, -0.2) is 128 Å². The molecule has 2 bridgehead atoms. The van der Waals surface area contributed by atoms with E-state index in [-0.39, 0.29) is 25.2 Å². The van der Waals surface area contributed by atoms with Gasteiger partial charge < -0.3 is 57.4 Å². The molecule has 3 saturated heterocycles. The van der Waals surface area contributed by atoms with Gasteiger partial charge in [-0.1, -0.05) is 58.0 Å². The van der Waals surface area contributed by atoms with Gasteiger partial charge in [-0.05, 0) is 79.6 Å². The van der Waals surface area contributed by atoms with Gasteiger partial charge >= 0.3 is 18.1 Å². The number of cyclic esters (lactones) is 1. The van der Waals surface area contributed by atoms with Crippen molar-refractivity contribution in [2.24, 2.45) is 23.7 Å². The molecule has 62 heavy (non-hydrogen) atoms. The molecule has 5 rings (SSSR count). The second-order valence-electron chi connectivity index (χ2n) is 18.8. The number of methoxy groups -OCH3 is 1. The van der Waals surface area contributed by atoms with Crippen LogP contribution in [0.3, 0.4) is 0 Å². The van der Waals surface area contributed by atoms with Crippen molar-refractivity contribution in [3.63, 3.8) is 0 Å². The number of carbonyl (C=O) groups is 3. The van der Waals surface area contributed by atoms with E-state index in [9.17, 15) is 19.5 Å². The molecule has 0 spiro atoms. The molecule has 0 amide bonds. The number of ether oxygens (including phenoxy) is 10. The molecule has 4 heterocycles. The molecule has 17 atom stereocenters. The predicted molar refractivity (Wildman–Crippen MR) is 227 cm³/mol. The van der Waals surface area contributed by atoms with Crippen molar-refractivity contribution in [1.29, 1.82) is 0 Å². The molecular formula is C47H73NO14. The number of nitrogens with zero attached hydrogens (tertiary/aromatic N) is 1. The summed E-state index contributed by atoms with van der Waals surface area (Å²) in [5, 5.41) is 11.8. The minimum absolute atomic E-state index is 0.0325. The number of aliphatic hydroxyl groups excluding tert-OH is 1. The van der Waals surface area contributed by atoms with Gasteiger partial charge in [0.25, 0.3) is 0 Å². The maximum absolute atomic E-state index is 14.4. The van der Waals surface area contributed by atoms with E-state index in [4.69, 9.17) is 47.4 Å². The molecule has 1 aromatic carbocycles. The Morgan fingerprint density at radius 3 is 2.21 bits per heavy atom. The molecule has 0 radical (unpaired) electrons. The Morgan fingerprint density at radius 2 is 1.60 bits per heavy atom. The summed E-state index contributed by atoms with van der Waals surface area (Å²) in [5.41, 5.74) is -0.408. The van der Waals surface area contributed by atoms with E-state index < -0.39 is 108 Å². The van der Waals surface area contributed by atoms with Gasteiger partial charge in [-0.3, -0.25) is 9.59 Å². The minimum Gasteiger partial charge on any atom is -0.489 e. The largest absolute Gasteiger partial charge is 0.509 e. The van der Waals surface area contributed by atoms with Gasteiger partial charge in [0.1, 0.15) is 35.8 Å². The molecule has 15 nitrogen and oxygen atoms in total. The number of hydrogen-bond acceptors (Lipinski definition) is 15. The number of esters is 2. The number of likely N-dealkylation sites (N-methyl/N-ethyl adjacent to an activating group) is 1. The summed E-state index contributed by atoms with van der Waals surface area (Å²) in [6.07, 6.45) is -7.20. The van der Waals surface area contributed by atoms with Crippen LogP contribution >= 0.6 is 0 Å². The van der Waals surface area contributed by atoms with Crippen LogP contribution in [-0.2, 0) is 63.6 Å². The highest BCUT2D eigenvalue weighted by molar-refractivity contribution is 5.73. The van der Waals surface area contributed by atoms with E-state index in [0.717, 1.165) is 11.1 Å². The Kier molecular flexibility index (Phi) is 16.6. The van der Waals surface area contributed by atoms with Gasteiger partial charge in [0, 0.05) is 44.6 Å². The zero-order valence-corrected chi connectivity index (χ0v) is 39.3. The summed E-state index contributed by atoms with van der Waals surface area (Å²) in [6.45, 7) is 20.3. The number of rotatable bonds is 11. The van der Waals surface area contributed by atoms with Crippen molar-refractivity contribution < 1.29 is 66.9 Å². The van der Waals surface area contributed by atoms with Crippen LogP contribution in [0, 0.1) is 23.7 Å². The third-order valence-electron chi connectivity index (χ3n) is 13.6. The van der Waals surface area contributed by atoms with Crippen LogP contribution in [0.4, 0.5) is 4.79 Å². The first kappa shape index (κ1) is 49.7. The summed E-state index contributed by atoms with van der Waals surface area (Å²) in [4.78, 5) is 42.1. The van der Waals surface area contributed by atoms with Gasteiger partial charge in [0.15, 0.2) is 24.8 Å². The molecule has 3 fully saturated rings. The predicted octanol–water partition coefficient (Wildman–Crippen LogP) is 6.71. The van der Waals surface area contributed by atoms with Crippen molar-refractivity contribution in [2.75, 3.05) is 21.2 Å². The van der Waals surface area contributed by atoms with E-state index in [2.05, 4.69) is 0 Å². The van der Waals surface area contributed by atoms with E-state index in [1.807, 2.05) is 105 Å². The van der Waals surface area contributed by atoms with Crippen LogP contribution in [0.2, 0.25) is 0 Å². The number of benzene rings is 1. The van der Waals surface area contributed by atoms with Gasteiger partial charge in [-0.15, -0.1) is 0 Å². The summed E-state index contributed by atoms with van der Waals surface area (Å²) < 4.78 is 63.7. The Balaban J connectivity index is 1.53. The molecule has 4 aliphatic rings. The molecule has 4 aliphatic heterocycles. The van der Waals surface area contributed by atoms with Gasteiger partial charge in [0.2, 0.25) is 0 Å². The molecule has 1 N–H and O–H groups in total. The van der Waals surface area contributed by atoms with Crippen LogP contribution in [0.1, 0.15) is 107 Å². The van der Waals surface area contributed by atoms with Crippen LogP contribution in [0.5, 0.6) is 0 Å². The number of fused-ring (bicyclic) bond motifs is 2. The van der Waals surface area contributed by atoms with Crippen molar-refractivity contribution in [3.8, 4) is 0 Å². The normalized spacial score (nSPS) is 40.6. The summed E-state index contributed by atoms with van der Waals surface area (Å²) in [6, 6.07) is 9.06. The highest BCUT2D eigenvalue weighted by Crippen LogP contribution is 2.47. The SMILES string of the molecule is CC[C@@H]1OC(=O)[C@H](C)[C@H](O[C@H]2C[C@@](C)(OC)[C@@H](OC(=O)OCc3ccccc3)[C@H](C)O2)[C@H](C)[C@@H](O[C@@H]2O[C@H](C)C[C@H](N(C)C)[C@H]2OC(C)=O)[C@]2(C)CC(C)=C(O2)[C@@H](C)[C@@H](O)[C@H]1C. The van der Waals surface area contributed by atoms with Gasteiger partial charge in [0.05, 0.1) is 36.4 Å². The van der Waals surface area contributed by atoms with Crippen molar-refractivity contribution in [3.05, 3.63) is 47.2 Å². The standard InChI is InChI=1S/C47H73NO14/c1-15-35-27(4)37(50)28(5)38-25(2)22-47(11,62-38)41(60-44-40(57-32(9)49)34(48(12)13)21-26(3)55-44)29(6)39(30(7)43(51)58-35)59-36-23-46(10,53-14)42(31(8)56-36)61-45(52)54-24-33-19-17-16-18-20-33/h16-20,26-31,34-37,39-42,44,50H,15,21-24H2,1-14H3/t26-,27+,28+,29+,30-,31+,34+,35+,36+,37+,39-,40-,41-,42+,44+,46-,47+/m1/s1. The quantitative estimate of drug-likeness (QED) is 0.184. The van der Waals surface area contributed by atoms with E-state index >= 15 is 0 Å². The number of carbonyl (C=O) groups excluding carboxylic acids is 3. The number of aliphatic hydroxyl groups is 1. The summed E-state index contributed by atoms with van der Waals surface area (Å²) in [7, 11) is 5.38. The first-order valence-electron chi connectivity index (χ1n) is 22.3.